The molecule has 0 atom stereocenters. The Morgan fingerprint density at radius 3 is 3.00 bits per heavy atom. The van der Waals surface area contributed by atoms with Gasteiger partial charge in [-0.2, -0.15) is 5.10 Å². The smallest absolute Gasteiger partial charge is 0.233 e. The highest BCUT2D eigenvalue weighted by Gasteiger charge is 1.98. The van der Waals surface area contributed by atoms with Crippen molar-refractivity contribution in [1.29, 1.82) is 0 Å². The number of rotatable bonds is 8. The Morgan fingerprint density at radius 2 is 2.31 bits per heavy atom. The molecular weight excluding hydrogens is 204 g/mol. The van der Waals surface area contributed by atoms with E-state index in [0.29, 0.717) is 6.54 Å². The van der Waals surface area contributed by atoms with Gasteiger partial charge in [0.1, 0.15) is 0 Å². The van der Waals surface area contributed by atoms with Crippen molar-refractivity contribution in [3.05, 3.63) is 18.5 Å². The minimum atomic E-state index is 0.0703. The second-order valence-electron chi connectivity index (χ2n) is 3.65. The van der Waals surface area contributed by atoms with E-state index < -0.39 is 0 Å². The van der Waals surface area contributed by atoms with E-state index in [4.69, 9.17) is 0 Å². The summed E-state index contributed by atoms with van der Waals surface area (Å²) < 4.78 is 1.89. The van der Waals surface area contributed by atoms with E-state index in [9.17, 15) is 4.79 Å². The van der Waals surface area contributed by atoms with E-state index >= 15 is 0 Å². The topological polar surface area (TPSA) is 59.0 Å². The van der Waals surface area contributed by atoms with Gasteiger partial charge < -0.3 is 10.6 Å². The lowest BCUT2D eigenvalue weighted by Crippen LogP contribution is -2.34. The van der Waals surface area contributed by atoms with Gasteiger partial charge in [0, 0.05) is 25.5 Å². The molecule has 16 heavy (non-hydrogen) atoms. The lowest BCUT2D eigenvalue weighted by Gasteiger charge is -2.05. The zero-order valence-electron chi connectivity index (χ0n) is 9.78. The van der Waals surface area contributed by atoms with Crippen LogP contribution >= 0.6 is 0 Å². The molecule has 1 aromatic heterocycles. The van der Waals surface area contributed by atoms with Crippen molar-refractivity contribution in [3.63, 3.8) is 0 Å². The normalized spacial score (nSPS) is 10.3. The molecule has 90 valence electrons. The Morgan fingerprint density at radius 1 is 1.44 bits per heavy atom. The van der Waals surface area contributed by atoms with Crippen molar-refractivity contribution >= 4 is 5.91 Å². The van der Waals surface area contributed by atoms with Crippen LogP contribution in [0.4, 0.5) is 0 Å². The average molecular weight is 224 g/mol. The fourth-order valence-electron chi connectivity index (χ4n) is 1.33. The maximum atomic E-state index is 11.2. The Balaban J connectivity index is 1.93. The van der Waals surface area contributed by atoms with Crippen LogP contribution in [0.3, 0.4) is 0 Å². The quantitative estimate of drug-likeness (QED) is 0.628. The molecule has 1 rings (SSSR count). The van der Waals surface area contributed by atoms with Gasteiger partial charge in [0.05, 0.1) is 6.54 Å². The molecule has 0 radical (unpaired) electrons. The summed E-state index contributed by atoms with van der Waals surface area (Å²) >= 11 is 0. The molecule has 5 heteroatoms. The first-order chi connectivity index (χ1) is 7.83. The number of nitrogens with zero attached hydrogens (tertiary/aromatic N) is 2. The van der Waals surface area contributed by atoms with Crippen molar-refractivity contribution < 1.29 is 4.79 Å². The molecule has 0 bridgehead atoms. The minimum Gasteiger partial charge on any atom is -0.355 e. The Hall–Kier alpha value is -1.36. The summed E-state index contributed by atoms with van der Waals surface area (Å²) in [6.45, 7) is 4.92. The Kier molecular flexibility index (Phi) is 6.25. The Labute approximate surface area is 96.2 Å². The van der Waals surface area contributed by atoms with Crippen LogP contribution in [0.1, 0.15) is 19.8 Å². The molecule has 0 aliphatic rings. The predicted molar refractivity (Wildman–Crippen MR) is 63.0 cm³/mol. The third kappa shape index (κ3) is 5.50. The van der Waals surface area contributed by atoms with Gasteiger partial charge in [-0.1, -0.05) is 6.92 Å². The van der Waals surface area contributed by atoms with Crippen molar-refractivity contribution in [2.75, 3.05) is 19.6 Å². The van der Waals surface area contributed by atoms with E-state index in [2.05, 4.69) is 15.7 Å². The third-order valence-corrected chi connectivity index (χ3v) is 2.16. The number of nitrogens with one attached hydrogen (secondary N) is 2. The van der Waals surface area contributed by atoms with Gasteiger partial charge in [-0.05, 0) is 25.5 Å². The molecule has 1 heterocycles. The van der Waals surface area contributed by atoms with Crippen molar-refractivity contribution in [3.8, 4) is 0 Å². The second kappa shape index (κ2) is 7.87. The number of carbonyl (C=O) groups is 1. The fraction of sp³-hybridized carbons (Fsp3) is 0.636. The SMILES string of the molecule is CCCNC(=O)CNCCCn1cccn1. The molecule has 0 saturated heterocycles. The molecule has 0 aliphatic heterocycles. The van der Waals surface area contributed by atoms with Gasteiger partial charge in [-0.25, -0.2) is 0 Å². The summed E-state index contributed by atoms with van der Waals surface area (Å²) in [5.74, 6) is 0.0703. The highest BCUT2D eigenvalue weighted by molar-refractivity contribution is 5.77. The summed E-state index contributed by atoms with van der Waals surface area (Å²) in [5.41, 5.74) is 0. The molecule has 5 nitrogen and oxygen atoms in total. The predicted octanol–water partition coefficient (Wildman–Crippen LogP) is 0.389. The van der Waals surface area contributed by atoms with Gasteiger partial charge in [-0.3, -0.25) is 9.48 Å². The number of hydrogen-bond acceptors (Lipinski definition) is 3. The minimum absolute atomic E-state index is 0.0703. The van der Waals surface area contributed by atoms with E-state index in [1.165, 1.54) is 0 Å². The molecule has 0 fully saturated rings. The van der Waals surface area contributed by atoms with E-state index in [0.717, 1.165) is 32.5 Å². The lowest BCUT2D eigenvalue weighted by molar-refractivity contribution is -0.120. The molecule has 0 spiro atoms. The summed E-state index contributed by atoms with van der Waals surface area (Å²) in [6.07, 6.45) is 5.66. The fourth-order valence-corrected chi connectivity index (χ4v) is 1.33. The zero-order valence-corrected chi connectivity index (χ0v) is 9.78. The number of hydrogen-bond donors (Lipinski definition) is 2. The average Bonchev–Trinajstić information content (AvgIpc) is 2.79. The number of aromatic nitrogens is 2. The van der Waals surface area contributed by atoms with Gasteiger partial charge in [0.2, 0.25) is 5.91 Å². The van der Waals surface area contributed by atoms with Crippen LogP contribution in [-0.4, -0.2) is 35.3 Å². The molecule has 2 N–H and O–H groups in total. The van der Waals surface area contributed by atoms with Crippen LogP contribution in [0.2, 0.25) is 0 Å². The molecule has 0 aliphatic carbocycles. The van der Waals surface area contributed by atoms with Crippen LogP contribution in [0, 0.1) is 0 Å². The monoisotopic (exact) mass is 224 g/mol. The summed E-state index contributed by atoms with van der Waals surface area (Å²) in [6, 6.07) is 1.91. The van der Waals surface area contributed by atoms with Gasteiger partial charge in [0.15, 0.2) is 0 Å². The van der Waals surface area contributed by atoms with Crippen LogP contribution in [-0.2, 0) is 11.3 Å². The molecule has 1 amide bonds. The van der Waals surface area contributed by atoms with Crippen LogP contribution < -0.4 is 10.6 Å². The van der Waals surface area contributed by atoms with Crippen LogP contribution in [0.25, 0.3) is 0 Å². The number of amides is 1. The molecule has 0 unspecified atom stereocenters. The first kappa shape index (κ1) is 12.7. The van der Waals surface area contributed by atoms with E-state index in [1.54, 1.807) is 6.20 Å². The summed E-state index contributed by atoms with van der Waals surface area (Å²) in [7, 11) is 0. The van der Waals surface area contributed by atoms with Crippen molar-refractivity contribution in [1.82, 2.24) is 20.4 Å². The lowest BCUT2D eigenvalue weighted by atomic mass is 10.4. The maximum Gasteiger partial charge on any atom is 0.233 e. The number of carbonyl (C=O) groups excluding carboxylic acids is 1. The number of aryl methyl sites for hydroxylation is 1. The Bertz CT molecular complexity index is 284. The highest BCUT2D eigenvalue weighted by Crippen LogP contribution is 1.87. The van der Waals surface area contributed by atoms with Crippen LogP contribution in [0.5, 0.6) is 0 Å². The standard InChI is InChI=1S/C11H20N4O/c1-2-5-13-11(16)10-12-6-3-8-15-9-4-7-14-15/h4,7,9,12H,2-3,5-6,8,10H2,1H3,(H,13,16). The third-order valence-electron chi connectivity index (χ3n) is 2.16. The first-order valence-corrected chi connectivity index (χ1v) is 5.77. The van der Waals surface area contributed by atoms with Crippen molar-refractivity contribution in [2.24, 2.45) is 0 Å². The highest BCUT2D eigenvalue weighted by atomic mass is 16.1. The maximum absolute atomic E-state index is 11.2. The second-order valence-corrected chi connectivity index (χ2v) is 3.65. The van der Waals surface area contributed by atoms with Crippen LogP contribution in [0.15, 0.2) is 18.5 Å². The summed E-state index contributed by atoms with van der Waals surface area (Å²) in [5, 5.41) is 10.0. The van der Waals surface area contributed by atoms with Crippen molar-refractivity contribution in [2.45, 2.75) is 26.3 Å². The largest absolute Gasteiger partial charge is 0.355 e. The van der Waals surface area contributed by atoms with Gasteiger partial charge in [0.25, 0.3) is 0 Å². The molecule has 0 aromatic carbocycles. The first-order valence-electron chi connectivity index (χ1n) is 5.77. The van der Waals surface area contributed by atoms with E-state index in [1.807, 2.05) is 23.9 Å². The van der Waals surface area contributed by atoms with Gasteiger partial charge >= 0.3 is 0 Å². The molecule has 0 saturated carbocycles. The molecule has 1 aromatic rings. The summed E-state index contributed by atoms with van der Waals surface area (Å²) in [4.78, 5) is 11.2. The zero-order chi connectivity index (χ0) is 11.6. The molecular formula is C11H20N4O. The van der Waals surface area contributed by atoms with E-state index in [-0.39, 0.29) is 5.91 Å². The van der Waals surface area contributed by atoms with Gasteiger partial charge in [-0.15, -0.1) is 0 Å².